The van der Waals surface area contributed by atoms with Crippen molar-refractivity contribution in [2.24, 2.45) is 11.6 Å². The molecule has 5 N–H and O–H groups in total. The highest BCUT2D eigenvalue weighted by Gasteiger charge is 2.22. The average Bonchev–Trinajstić information content (AvgIpc) is 2.68. The smallest absolute Gasteiger partial charge is 0.160 e. The Kier molecular flexibility index (Phi) is 3.97. The van der Waals surface area contributed by atoms with E-state index < -0.39 is 11.6 Å². The number of anilines is 1. The number of nitrogens with two attached hydrogens (primary N) is 2. The van der Waals surface area contributed by atoms with E-state index in [-0.39, 0.29) is 5.82 Å². The summed E-state index contributed by atoms with van der Waals surface area (Å²) in [5.41, 5.74) is 8.39. The van der Waals surface area contributed by atoms with Crippen LogP contribution in [0.15, 0.2) is 42.1 Å². The molecule has 4 nitrogen and oxygen atoms in total. The molecule has 0 saturated heterocycles. The molecule has 0 aromatic heterocycles. The Morgan fingerprint density at radius 3 is 2.35 bits per heavy atom. The van der Waals surface area contributed by atoms with E-state index >= 15 is 0 Å². The molecule has 1 aliphatic rings. The number of hydrazine groups is 1. The lowest BCUT2D eigenvalue weighted by molar-refractivity contribution is 0.507. The number of benzene rings is 2. The van der Waals surface area contributed by atoms with Crippen molar-refractivity contribution >= 4 is 11.4 Å². The molecule has 0 unspecified atom stereocenters. The summed E-state index contributed by atoms with van der Waals surface area (Å²) in [4.78, 5) is 0. The van der Waals surface area contributed by atoms with E-state index in [0.29, 0.717) is 41.3 Å². The van der Waals surface area contributed by atoms with Gasteiger partial charge in [0.1, 0.15) is 5.82 Å². The molecule has 0 bridgehead atoms. The standard InChI is InChI=1S/C16H15F3N4/c17-11-3-1-9(2-4-11)16(20)15-8-22-7-10-5-12(18)13(19)6-14(10)23(15)21/h1-6,22H,7-8,20-21H2/b16-15-. The molecule has 2 aromatic carbocycles. The van der Waals surface area contributed by atoms with Crippen LogP contribution in [0, 0.1) is 17.5 Å². The number of rotatable bonds is 1. The molecular formula is C16H15F3N4. The summed E-state index contributed by atoms with van der Waals surface area (Å²) in [6.45, 7) is 0.623. The van der Waals surface area contributed by atoms with Crippen molar-refractivity contribution < 1.29 is 13.2 Å². The van der Waals surface area contributed by atoms with Gasteiger partial charge in [0, 0.05) is 19.2 Å². The van der Waals surface area contributed by atoms with Gasteiger partial charge in [-0.15, -0.1) is 0 Å². The monoisotopic (exact) mass is 320 g/mol. The predicted octanol–water partition coefficient (Wildman–Crippen LogP) is 2.21. The van der Waals surface area contributed by atoms with Gasteiger partial charge in [0.25, 0.3) is 0 Å². The first-order valence-electron chi connectivity index (χ1n) is 6.95. The Labute approximate surface area is 131 Å². The van der Waals surface area contributed by atoms with E-state index in [4.69, 9.17) is 11.6 Å². The lowest BCUT2D eigenvalue weighted by Crippen LogP contribution is -2.35. The van der Waals surface area contributed by atoms with E-state index in [1.165, 1.54) is 29.3 Å². The van der Waals surface area contributed by atoms with Crippen molar-refractivity contribution in [1.29, 1.82) is 0 Å². The number of fused-ring (bicyclic) bond motifs is 1. The fourth-order valence-corrected chi connectivity index (χ4v) is 2.51. The van der Waals surface area contributed by atoms with Gasteiger partial charge in [-0.05, 0) is 41.5 Å². The zero-order chi connectivity index (χ0) is 16.6. The highest BCUT2D eigenvalue weighted by atomic mass is 19.2. The molecule has 23 heavy (non-hydrogen) atoms. The number of nitrogens with zero attached hydrogens (tertiary/aromatic N) is 1. The Bertz CT molecular complexity index is 772. The largest absolute Gasteiger partial charge is 0.397 e. The molecule has 120 valence electrons. The quantitative estimate of drug-likeness (QED) is 0.705. The van der Waals surface area contributed by atoms with Crippen LogP contribution in [0.5, 0.6) is 0 Å². The van der Waals surface area contributed by atoms with Gasteiger partial charge in [-0.2, -0.15) is 0 Å². The lowest BCUT2D eigenvalue weighted by atomic mass is 10.1. The topological polar surface area (TPSA) is 67.3 Å². The zero-order valence-electron chi connectivity index (χ0n) is 12.1. The van der Waals surface area contributed by atoms with Gasteiger partial charge in [-0.1, -0.05) is 0 Å². The molecule has 2 aromatic rings. The number of hydrogen-bond acceptors (Lipinski definition) is 4. The van der Waals surface area contributed by atoms with Crippen LogP contribution in [0.3, 0.4) is 0 Å². The van der Waals surface area contributed by atoms with E-state index in [0.717, 1.165) is 12.1 Å². The minimum atomic E-state index is -0.985. The van der Waals surface area contributed by atoms with Crippen molar-refractivity contribution in [2.75, 3.05) is 11.6 Å². The molecule has 0 amide bonds. The predicted molar refractivity (Wildman–Crippen MR) is 82.2 cm³/mol. The van der Waals surface area contributed by atoms with Crippen LogP contribution in [-0.2, 0) is 6.54 Å². The summed E-state index contributed by atoms with van der Waals surface area (Å²) in [7, 11) is 0. The summed E-state index contributed by atoms with van der Waals surface area (Å²) in [5, 5.41) is 4.30. The summed E-state index contributed by atoms with van der Waals surface area (Å²) in [5.74, 6) is 3.78. The summed E-state index contributed by atoms with van der Waals surface area (Å²) in [6, 6.07) is 7.78. The van der Waals surface area contributed by atoms with E-state index in [9.17, 15) is 13.2 Å². The molecule has 0 aliphatic carbocycles. The third-order valence-corrected chi connectivity index (χ3v) is 3.75. The van der Waals surface area contributed by atoms with E-state index in [1.54, 1.807) is 0 Å². The van der Waals surface area contributed by atoms with Crippen LogP contribution in [0.25, 0.3) is 5.70 Å². The van der Waals surface area contributed by atoms with E-state index in [2.05, 4.69) is 5.32 Å². The maximum absolute atomic E-state index is 13.5. The third kappa shape index (κ3) is 2.88. The van der Waals surface area contributed by atoms with Crippen molar-refractivity contribution in [1.82, 2.24) is 5.32 Å². The van der Waals surface area contributed by atoms with Crippen LogP contribution in [0.4, 0.5) is 18.9 Å². The van der Waals surface area contributed by atoms with Crippen LogP contribution in [-0.4, -0.2) is 6.54 Å². The normalized spacial score (nSPS) is 16.8. The van der Waals surface area contributed by atoms with Crippen molar-refractivity contribution in [3.05, 3.63) is 70.7 Å². The minimum absolute atomic E-state index is 0.303. The zero-order valence-corrected chi connectivity index (χ0v) is 12.1. The lowest BCUT2D eigenvalue weighted by Gasteiger charge is -2.23. The van der Waals surface area contributed by atoms with Gasteiger partial charge in [-0.25, -0.2) is 19.0 Å². The SMILES string of the molecule is N/C(=C1/CNCc2cc(F)c(F)cc2N1N)c1ccc(F)cc1. The summed E-state index contributed by atoms with van der Waals surface area (Å²) >= 11 is 0. The van der Waals surface area contributed by atoms with Crippen molar-refractivity contribution in [3.8, 4) is 0 Å². The number of hydrogen-bond donors (Lipinski definition) is 3. The van der Waals surface area contributed by atoms with Crippen LogP contribution in [0.2, 0.25) is 0 Å². The van der Waals surface area contributed by atoms with Gasteiger partial charge in [-0.3, -0.25) is 5.01 Å². The van der Waals surface area contributed by atoms with Crippen LogP contribution < -0.4 is 21.9 Å². The Hall–Kier alpha value is -2.51. The Morgan fingerprint density at radius 2 is 1.65 bits per heavy atom. The Balaban J connectivity index is 2.08. The third-order valence-electron chi connectivity index (χ3n) is 3.75. The van der Waals surface area contributed by atoms with Crippen LogP contribution in [0.1, 0.15) is 11.1 Å². The summed E-state index contributed by atoms with van der Waals surface area (Å²) in [6.07, 6.45) is 0. The fourth-order valence-electron chi connectivity index (χ4n) is 2.51. The molecular weight excluding hydrogens is 305 g/mol. The van der Waals surface area contributed by atoms with Crippen LogP contribution >= 0.6 is 0 Å². The second-order valence-corrected chi connectivity index (χ2v) is 5.24. The molecule has 7 heteroatoms. The highest BCUT2D eigenvalue weighted by Crippen LogP contribution is 2.28. The highest BCUT2D eigenvalue weighted by molar-refractivity contribution is 5.72. The summed E-state index contributed by atoms with van der Waals surface area (Å²) < 4.78 is 40.0. The molecule has 0 fully saturated rings. The number of nitrogens with one attached hydrogen (secondary N) is 1. The molecule has 0 spiro atoms. The van der Waals surface area contributed by atoms with Gasteiger partial charge in [0.05, 0.1) is 17.1 Å². The molecule has 3 rings (SSSR count). The maximum atomic E-state index is 13.5. The maximum Gasteiger partial charge on any atom is 0.160 e. The molecule has 1 aliphatic heterocycles. The van der Waals surface area contributed by atoms with E-state index in [1.807, 2.05) is 0 Å². The molecule has 1 heterocycles. The second kappa shape index (κ2) is 5.94. The Morgan fingerprint density at radius 1 is 1.00 bits per heavy atom. The number of halogens is 3. The average molecular weight is 320 g/mol. The van der Waals surface area contributed by atoms with Gasteiger partial charge in [0.15, 0.2) is 11.6 Å². The van der Waals surface area contributed by atoms with Crippen molar-refractivity contribution in [2.45, 2.75) is 6.54 Å². The first-order valence-corrected chi connectivity index (χ1v) is 6.95. The van der Waals surface area contributed by atoms with Crippen molar-refractivity contribution in [3.63, 3.8) is 0 Å². The first-order chi connectivity index (χ1) is 11.0. The molecule has 0 atom stereocenters. The fraction of sp³-hybridized carbons (Fsp3) is 0.125. The van der Waals surface area contributed by atoms with Gasteiger partial charge < -0.3 is 11.1 Å². The first kappa shape index (κ1) is 15.4. The molecule has 0 saturated carbocycles. The second-order valence-electron chi connectivity index (χ2n) is 5.24. The van der Waals surface area contributed by atoms with Gasteiger partial charge >= 0.3 is 0 Å². The van der Waals surface area contributed by atoms with Gasteiger partial charge in [0.2, 0.25) is 0 Å². The minimum Gasteiger partial charge on any atom is -0.397 e. The molecule has 0 radical (unpaired) electrons.